The topological polar surface area (TPSA) is 156 Å². The van der Waals surface area contributed by atoms with Gasteiger partial charge < -0.3 is 30.6 Å². The van der Waals surface area contributed by atoms with Crippen LogP contribution in [-0.4, -0.2) is 42.2 Å². The summed E-state index contributed by atoms with van der Waals surface area (Å²) in [5.74, 6) is -5.79. The van der Waals surface area contributed by atoms with Gasteiger partial charge in [-0.25, -0.2) is 0 Å². The van der Waals surface area contributed by atoms with Gasteiger partial charge in [-0.3, -0.25) is 9.59 Å². The van der Waals surface area contributed by atoms with Gasteiger partial charge in [-0.15, -0.1) is 0 Å². The van der Waals surface area contributed by atoms with Crippen molar-refractivity contribution in [3.63, 3.8) is 0 Å². The second-order valence-corrected chi connectivity index (χ2v) is 9.07. The van der Waals surface area contributed by atoms with Gasteiger partial charge in [-0.05, 0) is 64.7 Å². The molecule has 8 nitrogen and oxygen atoms in total. The van der Waals surface area contributed by atoms with Crippen LogP contribution in [0.1, 0.15) is 28.5 Å². The summed E-state index contributed by atoms with van der Waals surface area (Å²) in [6.07, 6.45) is 4.58. The monoisotopic (exact) mass is 486 g/mol. The van der Waals surface area contributed by atoms with Crippen LogP contribution in [0.3, 0.4) is 0 Å². The van der Waals surface area contributed by atoms with Crippen LogP contribution in [0.5, 0.6) is 34.5 Å². The van der Waals surface area contributed by atoms with Gasteiger partial charge >= 0.3 is 0 Å². The highest BCUT2D eigenvalue weighted by molar-refractivity contribution is 6.15. The van der Waals surface area contributed by atoms with Crippen LogP contribution in [-0.2, 0) is 9.59 Å². The average Bonchev–Trinajstić information content (AvgIpc) is 3.05. The van der Waals surface area contributed by atoms with Crippen molar-refractivity contribution in [2.45, 2.75) is 11.8 Å². The van der Waals surface area contributed by atoms with Crippen LogP contribution in [0.2, 0.25) is 0 Å². The van der Waals surface area contributed by atoms with E-state index in [1.54, 1.807) is 18.2 Å². The van der Waals surface area contributed by atoms with Crippen molar-refractivity contribution in [2.24, 2.45) is 11.8 Å². The maximum Gasteiger partial charge on any atom is 0.167 e. The van der Waals surface area contributed by atoms with Crippen molar-refractivity contribution in [2.75, 3.05) is 0 Å². The SMILES string of the molecule is O=C1C=C(/C=C/c2ccc(O)c(O)c2)[C@H]2C(=O)[C@@H]1[C@@H](c1ccc(O)c(O)c1)[C@@H]2c1cc(O)cc(O)c1. The molecule has 0 saturated heterocycles. The molecular formula is C28H22O8. The molecule has 0 unspecified atom stereocenters. The zero-order chi connectivity index (χ0) is 25.7. The lowest BCUT2D eigenvalue weighted by Crippen LogP contribution is -2.29. The third-order valence-electron chi connectivity index (χ3n) is 6.85. The lowest BCUT2D eigenvalue weighted by molar-refractivity contribution is -0.130. The number of rotatable bonds is 4. The number of benzene rings is 3. The molecule has 4 atom stereocenters. The van der Waals surface area contributed by atoms with Gasteiger partial charge in [0, 0.05) is 17.9 Å². The molecule has 2 aliphatic carbocycles. The molecule has 3 aromatic carbocycles. The van der Waals surface area contributed by atoms with Crippen LogP contribution in [0.4, 0.5) is 0 Å². The standard InChI is InChI=1S/C28H22O8/c29-17-8-16(9-18(30)12-17)25-24(14-4-6-20(32)22(34)10-14)27-23(35)11-15(26(25)28(27)36)3-1-13-2-5-19(31)21(33)7-13/h1-12,24-27,29-34H/b3-1+/t24-,25-,26+,27-/m0/s1. The van der Waals surface area contributed by atoms with Crippen molar-refractivity contribution < 1.29 is 40.2 Å². The third-order valence-corrected chi connectivity index (χ3v) is 6.85. The highest BCUT2D eigenvalue weighted by Gasteiger charge is 2.56. The fourth-order valence-corrected chi connectivity index (χ4v) is 5.34. The molecule has 5 rings (SSSR count). The molecule has 2 aliphatic rings. The molecule has 0 amide bonds. The van der Waals surface area contributed by atoms with Gasteiger partial charge in [0.2, 0.25) is 0 Å². The van der Waals surface area contributed by atoms with Gasteiger partial charge in [-0.2, -0.15) is 0 Å². The normalized spacial score (nSPS) is 23.3. The van der Waals surface area contributed by atoms with E-state index in [1.807, 2.05) is 0 Å². The summed E-state index contributed by atoms with van der Waals surface area (Å²) in [7, 11) is 0. The molecule has 0 radical (unpaired) electrons. The van der Waals surface area contributed by atoms with Crippen molar-refractivity contribution in [1.82, 2.24) is 0 Å². The van der Waals surface area contributed by atoms with E-state index < -0.39 is 35.2 Å². The van der Waals surface area contributed by atoms with Crippen LogP contribution in [0, 0.1) is 11.8 Å². The first kappa shape index (κ1) is 23.0. The van der Waals surface area contributed by atoms with Crippen molar-refractivity contribution >= 4 is 17.6 Å². The summed E-state index contributed by atoms with van der Waals surface area (Å²) < 4.78 is 0. The summed E-state index contributed by atoms with van der Waals surface area (Å²) in [5, 5.41) is 59.6. The van der Waals surface area contributed by atoms with Crippen LogP contribution in [0.25, 0.3) is 6.08 Å². The number of ketones is 2. The lowest BCUT2D eigenvalue weighted by atomic mass is 9.77. The van der Waals surface area contributed by atoms with Crippen LogP contribution in [0.15, 0.2) is 72.3 Å². The number of fused-ring (bicyclic) bond motifs is 2. The maximum absolute atomic E-state index is 13.6. The number of aromatic hydroxyl groups is 6. The second kappa shape index (κ2) is 8.49. The Labute approximate surface area is 205 Å². The number of Topliss-reactive ketones (excluding diaryl/α,β-unsaturated/α-hetero) is 1. The van der Waals surface area contributed by atoms with E-state index >= 15 is 0 Å². The Bertz CT molecular complexity index is 1450. The fraction of sp³-hybridized carbons (Fsp3) is 0.143. The fourth-order valence-electron chi connectivity index (χ4n) is 5.34. The summed E-state index contributed by atoms with van der Waals surface area (Å²) in [4.78, 5) is 26.8. The first-order valence-corrected chi connectivity index (χ1v) is 11.2. The zero-order valence-corrected chi connectivity index (χ0v) is 18.7. The Morgan fingerprint density at radius 3 is 1.83 bits per heavy atom. The minimum absolute atomic E-state index is 0.210. The van der Waals surface area contributed by atoms with E-state index in [0.29, 0.717) is 22.3 Å². The molecule has 2 bridgehead atoms. The predicted molar refractivity (Wildman–Crippen MR) is 129 cm³/mol. The Balaban J connectivity index is 1.64. The molecular weight excluding hydrogens is 464 g/mol. The van der Waals surface area contributed by atoms with Crippen molar-refractivity contribution in [3.05, 3.63) is 89.0 Å². The van der Waals surface area contributed by atoms with E-state index in [0.717, 1.165) is 6.07 Å². The molecule has 3 aromatic rings. The number of carbonyl (C=O) groups excluding carboxylic acids is 2. The molecule has 0 spiro atoms. The molecule has 0 heterocycles. The van der Waals surface area contributed by atoms with Gasteiger partial charge in [0.25, 0.3) is 0 Å². The average molecular weight is 486 g/mol. The van der Waals surface area contributed by atoms with E-state index in [9.17, 15) is 40.2 Å². The summed E-state index contributed by atoms with van der Waals surface area (Å²) in [5.41, 5.74) is 1.82. The molecule has 1 saturated carbocycles. The number of phenols is 6. The molecule has 1 fully saturated rings. The van der Waals surface area contributed by atoms with E-state index in [1.165, 1.54) is 48.5 Å². The van der Waals surface area contributed by atoms with Gasteiger partial charge in [0.05, 0.1) is 11.8 Å². The first-order valence-electron chi connectivity index (χ1n) is 11.2. The summed E-state index contributed by atoms with van der Waals surface area (Å²) in [6, 6.07) is 12.4. The van der Waals surface area contributed by atoms with E-state index in [-0.39, 0.29) is 34.5 Å². The zero-order valence-electron chi connectivity index (χ0n) is 18.7. The maximum atomic E-state index is 13.6. The molecule has 6 N–H and O–H groups in total. The number of allylic oxidation sites excluding steroid dienone is 3. The van der Waals surface area contributed by atoms with Gasteiger partial charge in [0.1, 0.15) is 11.5 Å². The Hall–Kier alpha value is -4.72. The molecule has 0 aliphatic heterocycles. The molecule has 8 heteroatoms. The number of hydrogen-bond donors (Lipinski definition) is 6. The number of carbonyl (C=O) groups is 2. The number of phenolic OH excluding ortho intramolecular Hbond substituents is 6. The van der Waals surface area contributed by atoms with E-state index in [2.05, 4.69) is 0 Å². The van der Waals surface area contributed by atoms with E-state index in [4.69, 9.17) is 0 Å². The number of hydrogen-bond acceptors (Lipinski definition) is 8. The first-order chi connectivity index (χ1) is 17.1. The van der Waals surface area contributed by atoms with Gasteiger partial charge in [-0.1, -0.05) is 24.3 Å². The molecule has 36 heavy (non-hydrogen) atoms. The van der Waals surface area contributed by atoms with Crippen molar-refractivity contribution in [1.29, 1.82) is 0 Å². The Morgan fingerprint density at radius 2 is 1.19 bits per heavy atom. The summed E-state index contributed by atoms with van der Waals surface area (Å²) >= 11 is 0. The van der Waals surface area contributed by atoms with Crippen molar-refractivity contribution in [3.8, 4) is 34.5 Å². The minimum atomic E-state index is -1.05. The largest absolute Gasteiger partial charge is 0.508 e. The van der Waals surface area contributed by atoms with Crippen LogP contribution < -0.4 is 0 Å². The smallest absolute Gasteiger partial charge is 0.167 e. The summed E-state index contributed by atoms with van der Waals surface area (Å²) in [6.45, 7) is 0. The highest BCUT2D eigenvalue weighted by atomic mass is 16.3. The Morgan fingerprint density at radius 1 is 0.583 bits per heavy atom. The molecule has 182 valence electrons. The lowest BCUT2D eigenvalue weighted by Gasteiger charge is -2.25. The predicted octanol–water partition coefficient (Wildman–Crippen LogP) is 3.83. The van der Waals surface area contributed by atoms with Crippen LogP contribution >= 0.6 is 0 Å². The second-order valence-electron chi connectivity index (χ2n) is 9.07. The quantitative estimate of drug-likeness (QED) is 0.240. The third kappa shape index (κ3) is 3.82. The molecule has 0 aromatic heterocycles. The Kier molecular flexibility index (Phi) is 5.44. The van der Waals surface area contributed by atoms with Gasteiger partial charge in [0.15, 0.2) is 34.6 Å². The minimum Gasteiger partial charge on any atom is -0.508 e. The highest BCUT2D eigenvalue weighted by Crippen LogP contribution is 2.57.